The number of aromatic nitrogens is 2. The molecule has 2 rings (SSSR count). The first-order chi connectivity index (χ1) is 6.18. The number of nitrogens with two attached hydrogens (primary N) is 1. The lowest BCUT2D eigenvalue weighted by Crippen LogP contribution is -2.28. The first-order valence-electron chi connectivity index (χ1n) is 4.04. The second-order valence-electron chi connectivity index (χ2n) is 3.04. The number of rotatable bonds is 2. The van der Waals surface area contributed by atoms with Crippen LogP contribution in [0.2, 0.25) is 0 Å². The molecule has 0 radical (unpaired) electrons. The summed E-state index contributed by atoms with van der Waals surface area (Å²) in [5, 5.41) is 7.26. The molecule has 0 spiro atoms. The van der Waals surface area contributed by atoms with Crippen LogP contribution in [0.1, 0.15) is 12.8 Å². The normalized spacial score (nSPS) is 20.7. The van der Waals surface area contributed by atoms with Crippen molar-refractivity contribution < 1.29 is 13.9 Å². The summed E-state index contributed by atoms with van der Waals surface area (Å²) < 4.78 is 15.7. The molecule has 0 aliphatic carbocycles. The van der Waals surface area contributed by atoms with E-state index in [-0.39, 0.29) is 6.01 Å². The summed E-state index contributed by atoms with van der Waals surface area (Å²) in [5.41, 5.74) is 5.27. The minimum absolute atomic E-state index is 0.0663. The Morgan fingerprint density at radius 2 is 2.08 bits per heavy atom. The smallest absolute Gasteiger partial charge is 0.312 e. The van der Waals surface area contributed by atoms with Gasteiger partial charge in [-0.3, -0.25) is 0 Å². The lowest BCUT2D eigenvalue weighted by molar-refractivity contribution is -0.143. The molecule has 6 nitrogen and oxygen atoms in total. The topological polar surface area (TPSA) is 83.4 Å². The molecule has 1 fully saturated rings. The maximum absolute atomic E-state index is 5.36. The maximum Gasteiger partial charge on any atom is 0.312 e. The highest BCUT2D eigenvalue weighted by Crippen LogP contribution is 2.23. The lowest BCUT2D eigenvalue weighted by atomic mass is 10.2. The third-order valence-electron chi connectivity index (χ3n) is 1.85. The van der Waals surface area contributed by atoms with Gasteiger partial charge in [0.2, 0.25) is 5.89 Å². The van der Waals surface area contributed by atoms with Crippen LogP contribution in [-0.4, -0.2) is 29.2 Å². The van der Waals surface area contributed by atoms with Gasteiger partial charge in [0.15, 0.2) is 5.79 Å². The first kappa shape index (κ1) is 8.46. The molecule has 0 atom stereocenters. The van der Waals surface area contributed by atoms with E-state index < -0.39 is 5.79 Å². The Bertz CT molecular complexity index is 293. The Morgan fingerprint density at radius 1 is 1.38 bits per heavy atom. The lowest BCUT2D eigenvalue weighted by Gasteiger charge is -2.19. The highest BCUT2D eigenvalue weighted by Gasteiger charge is 2.33. The zero-order chi connectivity index (χ0) is 9.31. The van der Waals surface area contributed by atoms with Crippen molar-refractivity contribution in [3.8, 4) is 0 Å². The number of ether oxygens (including phenoxy) is 2. The summed E-state index contributed by atoms with van der Waals surface area (Å²) in [7, 11) is 0. The fourth-order valence-corrected chi connectivity index (χ4v) is 1.27. The van der Waals surface area contributed by atoms with Gasteiger partial charge in [-0.05, 0) is 6.92 Å². The van der Waals surface area contributed by atoms with E-state index >= 15 is 0 Å². The molecule has 2 heterocycles. The van der Waals surface area contributed by atoms with E-state index in [0.29, 0.717) is 25.5 Å². The van der Waals surface area contributed by atoms with Crippen molar-refractivity contribution >= 4 is 6.01 Å². The van der Waals surface area contributed by atoms with Gasteiger partial charge in [0.25, 0.3) is 0 Å². The number of anilines is 1. The van der Waals surface area contributed by atoms with Crippen molar-refractivity contribution in [1.29, 1.82) is 0 Å². The minimum Gasteiger partial charge on any atom is -0.408 e. The monoisotopic (exact) mass is 185 g/mol. The molecule has 6 heteroatoms. The van der Waals surface area contributed by atoms with Crippen molar-refractivity contribution in [3.05, 3.63) is 5.89 Å². The molecular formula is C7H11N3O3. The summed E-state index contributed by atoms with van der Waals surface area (Å²) in [4.78, 5) is 0. The van der Waals surface area contributed by atoms with Crippen LogP contribution in [0.3, 0.4) is 0 Å². The van der Waals surface area contributed by atoms with Gasteiger partial charge in [-0.25, -0.2) is 0 Å². The van der Waals surface area contributed by atoms with E-state index in [1.165, 1.54) is 0 Å². The second kappa shape index (κ2) is 2.97. The van der Waals surface area contributed by atoms with Crippen molar-refractivity contribution in [2.24, 2.45) is 0 Å². The molecule has 1 aliphatic heterocycles. The number of hydrogen-bond donors (Lipinski definition) is 1. The fourth-order valence-electron chi connectivity index (χ4n) is 1.27. The standard InChI is InChI=1S/C7H11N3O3/c1-7(11-2-3-12-7)4-5-9-10-6(8)13-5/h2-4H2,1H3,(H2,8,10). The van der Waals surface area contributed by atoms with E-state index in [4.69, 9.17) is 19.6 Å². The second-order valence-corrected chi connectivity index (χ2v) is 3.04. The molecule has 1 aromatic rings. The largest absolute Gasteiger partial charge is 0.408 e. The van der Waals surface area contributed by atoms with Crippen molar-refractivity contribution in [2.45, 2.75) is 19.1 Å². The van der Waals surface area contributed by atoms with Gasteiger partial charge in [-0.2, -0.15) is 0 Å². The van der Waals surface area contributed by atoms with Gasteiger partial charge in [0, 0.05) is 0 Å². The molecule has 0 amide bonds. The number of nitrogen functional groups attached to an aromatic ring is 1. The molecule has 0 aromatic carbocycles. The van der Waals surface area contributed by atoms with Gasteiger partial charge >= 0.3 is 6.01 Å². The predicted molar refractivity (Wildman–Crippen MR) is 42.7 cm³/mol. The van der Waals surface area contributed by atoms with Crippen LogP contribution in [0.25, 0.3) is 0 Å². The number of hydrogen-bond acceptors (Lipinski definition) is 6. The Morgan fingerprint density at radius 3 is 2.62 bits per heavy atom. The maximum atomic E-state index is 5.36. The van der Waals surface area contributed by atoms with Gasteiger partial charge in [0.05, 0.1) is 19.6 Å². The predicted octanol–water partition coefficient (Wildman–Crippen LogP) is -0.0427. The highest BCUT2D eigenvalue weighted by atomic mass is 16.7. The Labute approximate surface area is 75.0 Å². The Kier molecular flexibility index (Phi) is 1.93. The van der Waals surface area contributed by atoms with Crippen molar-refractivity contribution in [2.75, 3.05) is 18.9 Å². The summed E-state index contributed by atoms with van der Waals surface area (Å²) in [5.74, 6) is -0.208. The van der Waals surface area contributed by atoms with Gasteiger partial charge in [0.1, 0.15) is 0 Å². The molecule has 13 heavy (non-hydrogen) atoms. The van der Waals surface area contributed by atoms with E-state index in [1.807, 2.05) is 6.92 Å². The van der Waals surface area contributed by atoms with Crippen LogP contribution in [-0.2, 0) is 15.9 Å². The summed E-state index contributed by atoms with van der Waals surface area (Å²) in [6.07, 6.45) is 0.428. The third kappa shape index (κ3) is 1.78. The minimum atomic E-state index is -0.640. The molecular weight excluding hydrogens is 174 g/mol. The SMILES string of the molecule is CC1(Cc2nnc(N)o2)OCCO1. The zero-order valence-electron chi connectivity index (χ0n) is 7.32. The van der Waals surface area contributed by atoms with Crippen LogP contribution in [0.5, 0.6) is 0 Å². The molecule has 1 saturated heterocycles. The third-order valence-corrected chi connectivity index (χ3v) is 1.85. The van der Waals surface area contributed by atoms with Gasteiger partial charge < -0.3 is 19.6 Å². The van der Waals surface area contributed by atoms with E-state index in [9.17, 15) is 0 Å². The van der Waals surface area contributed by atoms with Crippen LogP contribution in [0, 0.1) is 0 Å². The highest BCUT2D eigenvalue weighted by molar-refractivity contribution is 5.05. The summed E-state index contributed by atoms with van der Waals surface area (Å²) in [6.45, 7) is 3.03. The van der Waals surface area contributed by atoms with Crippen molar-refractivity contribution in [1.82, 2.24) is 10.2 Å². The molecule has 2 N–H and O–H groups in total. The Hall–Kier alpha value is -1.14. The fraction of sp³-hybridized carbons (Fsp3) is 0.714. The summed E-state index contributed by atoms with van der Waals surface area (Å²) >= 11 is 0. The average Bonchev–Trinajstić information content (AvgIpc) is 2.62. The molecule has 1 aromatic heterocycles. The summed E-state index contributed by atoms with van der Waals surface area (Å²) in [6, 6.07) is 0.0663. The van der Waals surface area contributed by atoms with Gasteiger partial charge in [-0.15, -0.1) is 5.10 Å². The quantitative estimate of drug-likeness (QED) is 0.695. The van der Waals surface area contributed by atoms with E-state index in [2.05, 4.69) is 10.2 Å². The molecule has 0 unspecified atom stereocenters. The zero-order valence-corrected chi connectivity index (χ0v) is 7.32. The van der Waals surface area contributed by atoms with Crippen LogP contribution < -0.4 is 5.73 Å². The van der Waals surface area contributed by atoms with Crippen LogP contribution in [0.4, 0.5) is 6.01 Å². The first-order valence-corrected chi connectivity index (χ1v) is 4.04. The van der Waals surface area contributed by atoms with Crippen molar-refractivity contribution in [3.63, 3.8) is 0 Å². The van der Waals surface area contributed by atoms with Crippen LogP contribution >= 0.6 is 0 Å². The number of nitrogens with zero attached hydrogens (tertiary/aromatic N) is 2. The Balaban J connectivity index is 2.04. The van der Waals surface area contributed by atoms with Crippen LogP contribution in [0.15, 0.2) is 4.42 Å². The molecule has 0 saturated carbocycles. The van der Waals surface area contributed by atoms with E-state index in [0.717, 1.165) is 0 Å². The molecule has 1 aliphatic rings. The average molecular weight is 185 g/mol. The molecule has 0 bridgehead atoms. The van der Waals surface area contributed by atoms with E-state index in [1.54, 1.807) is 0 Å². The van der Waals surface area contributed by atoms with Gasteiger partial charge in [-0.1, -0.05) is 5.10 Å². The molecule has 72 valence electrons.